The first-order valence-electron chi connectivity index (χ1n) is 6.53. The van der Waals surface area contributed by atoms with E-state index in [0.717, 1.165) is 17.9 Å². The van der Waals surface area contributed by atoms with Crippen molar-refractivity contribution in [2.24, 2.45) is 0 Å². The monoisotopic (exact) mass is 345 g/mol. The van der Waals surface area contributed by atoms with Gasteiger partial charge in [0.1, 0.15) is 11.5 Å². The average Bonchev–Trinajstić information content (AvgIpc) is 2.74. The predicted molar refractivity (Wildman–Crippen MR) is 86.1 cm³/mol. The molecule has 0 amide bonds. The van der Waals surface area contributed by atoms with Gasteiger partial charge in [-0.2, -0.15) is 16.1 Å². The van der Waals surface area contributed by atoms with E-state index < -0.39 is 10.0 Å². The van der Waals surface area contributed by atoms with Gasteiger partial charge in [0.25, 0.3) is 0 Å². The third-order valence-electron chi connectivity index (χ3n) is 3.04. The number of nitrogens with zero attached hydrogens (tertiary/aromatic N) is 1. The Kier molecular flexibility index (Phi) is 5.97. The lowest BCUT2D eigenvalue weighted by Crippen LogP contribution is -2.33. The summed E-state index contributed by atoms with van der Waals surface area (Å²) in [5.74, 6) is 7.00. The Balaban J connectivity index is 2.31. The number of halogens is 1. The molecule has 0 aliphatic carbocycles. The van der Waals surface area contributed by atoms with Crippen molar-refractivity contribution in [3.8, 4) is 11.8 Å². The topological polar surface area (TPSA) is 57.6 Å². The van der Waals surface area contributed by atoms with E-state index in [4.69, 9.17) is 16.7 Å². The minimum absolute atomic E-state index is 0.116. The minimum atomic E-state index is -3.56. The van der Waals surface area contributed by atoms with Crippen LogP contribution in [0.15, 0.2) is 23.1 Å². The van der Waals surface area contributed by atoms with E-state index in [9.17, 15) is 8.42 Å². The largest absolute Gasteiger partial charge is 0.384 e. The molecule has 0 radical (unpaired) electrons. The predicted octanol–water partition coefficient (Wildman–Crippen LogP) is 1.81. The van der Waals surface area contributed by atoms with Crippen LogP contribution >= 0.6 is 23.4 Å². The average molecular weight is 346 g/mol. The Hall–Kier alpha value is -0.710. The van der Waals surface area contributed by atoms with Crippen molar-refractivity contribution < 1.29 is 13.5 Å². The molecule has 114 valence electrons. The summed E-state index contributed by atoms with van der Waals surface area (Å²) in [6.07, 6.45) is 0.849. The van der Waals surface area contributed by atoms with Gasteiger partial charge in [0.15, 0.2) is 0 Å². The van der Waals surface area contributed by atoms with Crippen molar-refractivity contribution in [3.05, 3.63) is 28.8 Å². The Labute approximate surface area is 134 Å². The van der Waals surface area contributed by atoms with Crippen LogP contribution < -0.4 is 0 Å². The first-order chi connectivity index (χ1) is 10.1. The van der Waals surface area contributed by atoms with Gasteiger partial charge < -0.3 is 5.11 Å². The number of hydrogen-bond donors (Lipinski definition) is 1. The standard InChI is InChI=1S/C14H16ClNO3S2/c15-13-11-12(3-1-8-17)4-5-14(13)21(18,19)16-6-2-9-20-10-7-16/h4-5,11,17H,2,6-10H2. The summed E-state index contributed by atoms with van der Waals surface area (Å²) in [7, 11) is -3.56. The maximum atomic E-state index is 12.6. The zero-order chi connectivity index (χ0) is 15.3. The first kappa shape index (κ1) is 16.7. The highest BCUT2D eigenvalue weighted by Crippen LogP contribution is 2.27. The fraction of sp³-hybridized carbons (Fsp3) is 0.429. The number of benzene rings is 1. The minimum Gasteiger partial charge on any atom is -0.384 e. The van der Waals surface area contributed by atoms with Crippen LogP contribution in [0.5, 0.6) is 0 Å². The van der Waals surface area contributed by atoms with Gasteiger partial charge in [0.05, 0.1) is 5.02 Å². The van der Waals surface area contributed by atoms with Gasteiger partial charge >= 0.3 is 0 Å². The zero-order valence-corrected chi connectivity index (χ0v) is 13.8. The normalized spacial score (nSPS) is 16.9. The number of sulfonamides is 1. The van der Waals surface area contributed by atoms with Crippen LogP contribution in [0.2, 0.25) is 5.02 Å². The van der Waals surface area contributed by atoms with E-state index in [2.05, 4.69) is 11.8 Å². The van der Waals surface area contributed by atoms with Gasteiger partial charge in [-0.05, 0) is 30.4 Å². The number of thioether (sulfide) groups is 1. The molecule has 1 aliphatic rings. The summed E-state index contributed by atoms with van der Waals surface area (Å²) in [6, 6.07) is 4.61. The van der Waals surface area contributed by atoms with E-state index in [-0.39, 0.29) is 16.5 Å². The quantitative estimate of drug-likeness (QED) is 0.831. The smallest absolute Gasteiger partial charge is 0.244 e. The zero-order valence-electron chi connectivity index (χ0n) is 11.4. The molecule has 2 rings (SSSR count). The van der Waals surface area contributed by atoms with Crippen molar-refractivity contribution in [1.29, 1.82) is 0 Å². The highest BCUT2D eigenvalue weighted by atomic mass is 35.5. The van der Waals surface area contributed by atoms with Crippen LogP contribution in [0.1, 0.15) is 12.0 Å². The molecule has 4 nitrogen and oxygen atoms in total. The molecule has 1 aliphatic heterocycles. The van der Waals surface area contributed by atoms with Crippen LogP contribution in [-0.2, 0) is 10.0 Å². The summed E-state index contributed by atoms with van der Waals surface area (Å²) < 4.78 is 26.8. The Morgan fingerprint density at radius 2 is 2.14 bits per heavy atom. The molecule has 7 heteroatoms. The van der Waals surface area contributed by atoms with Gasteiger partial charge in [-0.15, -0.1) is 0 Å². The van der Waals surface area contributed by atoms with Crippen LogP contribution in [0.4, 0.5) is 0 Å². The van der Waals surface area contributed by atoms with Gasteiger partial charge in [0.2, 0.25) is 10.0 Å². The fourth-order valence-corrected chi connectivity index (χ4v) is 5.03. The van der Waals surface area contributed by atoms with Crippen molar-refractivity contribution in [2.75, 3.05) is 31.2 Å². The lowest BCUT2D eigenvalue weighted by molar-refractivity contribution is 0.350. The maximum absolute atomic E-state index is 12.6. The lowest BCUT2D eigenvalue weighted by atomic mass is 10.2. The van der Waals surface area contributed by atoms with Gasteiger partial charge in [-0.3, -0.25) is 0 Å². The second-order valence-corrected chi connectivity index (χ2v) is 8.01. The van der Waals surface area contributed by atoms with Crippen molar-refractivity contribution in [3.63, 3.8) is 0 Å². The number of hydrogen-bond acceptors (Lipinski definition) is 4. The second kappa shape index (κ2) is 7.52. The summed E-state index contributed by atoms with van der Waals surface area (Å²) in [5.41, 5.74) is 0.583. The highest BCUT2D eigenvalue weighted by molar-refractivity contribution is 7.99. The van der Waals surface area contributed by atoms with Crippen molar-refractivity contribution in [1.82, 2.24) is 4.31 Å². The number of aliphatic hydroxyl groups excluding tert-OH is 1. The van der Waals surface area contributed by atoms with E-state index in [1.165, 1.54) is 16.4 Å². The molecule has 0 unspecified atom stereocenters. The van der Waals surface area contributed by atoms with Gasteiger partial charge in [-0.1, -0.05) is 23.4 Å². The van der Waals surface area contributed by atoms with E-state index in [1.807, 2.05) is 0 Å². The Morgan fingerprint density at radius 3 is 2.86 bits per heavy atom. The van der Waals surface area contributed by atoms with E-state index in [1.54, 1.807) is 17.8 Å². The fourth-order valence-electron chi connectivity index (χ4n) is 2.03. The molecule has 1 fully saturated rings. The van der Waals surface area contributed by atoms with E-state index in [0.29, 0.717) is 18.7 Å². The van der Waals surface area contributed by atoms with Gasteiger partial charge in [0, 0.05) is 24.4 Å². The third kappa shape index (κ3) is 4.15. The molecule has 0 aromatic heterocycles. The SMILES string of the molecule is O=S(=O)(c1ccc(C#CCO)cc1Cl)N1CCCSCC1. The molecule has 1 aromatic rings. The van der Waals surface area contributed by atoms with Crippen LogP contribution in [0, 0.1) is 11.8 Å². The van der Waals surface area contributed by atoms with Crippen molar-refractivity contribution >= 4 is 33.4 Å². The highest BCUT2D eigenvalue weighted by Gasteiger charge is 2.27. The molecule has 1 heterocycles. The lowest BCUT2D eigenvalue weighted by Gasteiger charge is -2.20. The number of rotatable bonds is 2. The molecular weight excluding hydrogens is 330 g/mol. The third-order valence-corrected chi connectivity index (χ3v) is 6.47. The second-order valence-electron chi connectivity index (χ2n) is 4.48. The van der Waals surface area contributed by atoms with Crippen LogP contribution in [-0.4, -0.2) is 49.0 Å². The number of aliphatic hydroxyl groups is 1. The maximum Gasteiger partial charge on any atom is 0.244 e. The summed E-state index contributed by atoms with van der Waals surface area (Å²) in [4.78, 5) is 0.116. The molecule has 21 heavy (non-hydrogen) atoms. The van der Waals surface area contributed by atoms with Gasteiger partial charge in [-0.25, -0.2) is 8.42 Å². The van der Waals surface area contributed by atoms with Crippen LogP contribution in [0.3, 0.4) is 0 Å². The Bertz CT molecular complexity index is 657. The van der Waals surface area contributed by atoms with Crippen LogP contribution in [0.25, 0.3) is 0 Å². The molecule has 1 saturated heterocycles. The molecule has 0 atom stereocenters. The molecule has 1 aromatic carbocycles. The molecule has 1 N–H and O–H groups in total. The summed E-state index contributed by atoms with van der Waals surface area (Å²) in [5, 5.41) is 8.83. The molecule has 0 bridgehead atoms. The molecule has 0 saturated carbocycles. The van der Waals surface area contributed by atoms with Crippen molar-refractivity contribution in [2.45, 2.75) is 11.3 Å². The van der Waals surface area contributed by atoms with E-state index >= 15 is 0 Å². The first-order valence-corrected chi connectivity index (χ1v) is 9.50. The summed E-state index contributed by atoms with van der Waals surface area (Å²) in [6.45, 7) is 0.788. The molecular formula is C14H16ClNO3S2. The molecule has 0 spiro atoms. The Morgan fingerprint density at radius 1 is 1.33 bits per heavy atom. The summed E-state index contributed by atoms with van der Waals surface area (Å²) >= 11 is 7.88.